The van der Waals surface area contributed by atoms with Crippen LogP contribution in [0.25, 0.3) is 0 Å². The quantitative estimate of drug-likeness (QED) is 0.549. The average molecular weight is 129 g/mol. The lowest BCUT2D eigenvalue weighted by atomic mass is 11.0. The number of nitrogens with one attached hydrogen (secondary N) is 1. The molecule has 4 heteroatoms. The third-order valence-corrected chi connectivity index (χ3v) is 1.44. The third-order valence-electron chi connectivity index (χ3n) is 0.792. The largest absolute Gasteiger partial charge is 0.369 e. The lowest BCUT2D eigenvalue weighted by Crippen LogP contribution is -1.84. The maximum absolute atomic E-state index is 5.27. The minimum absolute atomic E-state index is 0.481. The molecule has 1 heterocycles. The van der Waals surface area contributed by atoms with Crippen molar-refractivity contribution in [3.05, 3.63) is 6.20 Å². The highest BCUT2D eigenvalue weighted by molar-refractivity contribution is 7.98. The number of thioether (sulfide) groups is 1. The Bertz CT molecular complexity index is 172. The van der Waals surface area contributed by atoms with Crippen molar-refractivity contribution in [3.8, 4) is 0 Å². The lowest BCUT2D eigenvalue weighted by molar-refractivity contribution is 1.21. The summed E-state index contributed by atoms with van der Waals surface area (Å²) in [7, 11) is 0. The normalized spacial score (nSPS) is 9.62. The van der Waals surface area contributed by atoms with Gasteiger partial charge >= 0.3 is 0 Å². The van der Waals surface area contributed by atoms with E-state index in [0.717, 1.165) is 5.03 Å². The van der Waals surface area contributed by atoms with Crippen LogP contribution in [0.15, 0.2) is 11.2 Å². The Morgan fingerprint density at radius 1 is 1.88 bits per heavy atom. The van der Waals surface area contributed by atoms with Crippen molar-refractivity contribution >= 4 is 17.7 Å². The molecular formula is C4H7N3S. The van der Waals surface area contributed by atoms with Crippen LogP contribution < -0.4 is 5.73 Å². The molecule has 0 aliphatic heterocycles. The first-order chi connectivity index (χ1) is 3.83. The molecule has 3 N–H and O–H groups in total. The highest BCUT2D eigenvalue weighted by Gasteiger charge is 1.90. The molecule has 1 aromatic rings. The number of aromatic amines is 1. The van der Waals surface area contributed by atoms with Crippen LogP contribution in [-0.4, -0.2) is 16.2 Å². The molecule has 0 bridgehead atoms. The number of hydrogen-bond donors (Lipinski definition) is 2. The Morgan fingerprint density at radius 3 is 2.88 bits per heavy atom. The number of aromatic nitrogens is 2. The van der Waals surface area contributed by atoms with Gasteiger partial charge in [0.2, 0.25) is 0 Å². The first kappa shape index (κ1) is 5.50. The minimum Gasteiger partial charge on any atom is -0.369 e. The topological polar surface area (TPSA) is 54.7 Å². The summed E-state index contributed by atoms with van der Waals surface area (Å²) in [5.41, 5.74) is 5.27. The van der Waals surface area contributed by atoms with Gasteiger partial charge in [-0.15, -0.1) is 11.8 Å². The van der Waals surface area contributed by atoms with Crippen molar-refractivity contribution in [2.24, 2.45) is 0 Å². The van der Waals surface area contributed by atoms with Crippen LogP contribution in [0.3, 0.4) is 0 Å². The molecule has 0 aliphatic carbocycles. The molecule has 0 fully saturated rings. The van der Waals surface area contributed by atoms with E-state index in [4.69, 9.17) is 5.73 Å². The Labute approximate surface area is 51.7 Å². The zero-order valence-corrected chi connectivity index (χ0v) is 5.33. The van der Waals surface area contributed by atoms with Crippen molar-refractivity contribution in [2.75, 3.05) is 12.0 Å². The second-order valence-corrected chi connectivity index (χ2v) is 2.18. The van der Waals surface area contributed by atoms with Gasteiger partial charge in [-0.3, -0.25) is 0 Å². The smallest absolute Gasteiger partial charge is 0.198 e. The second-order valence-electron chi connectivity index (χ2n) is 1.34. The van der Waals surface area contributed by atoms with E-state index in [2.05, 4.69) is 9.97 Å². The van der Waals surface area contributed by atoms with Crippen LogP contribution in [0.5, 0.6) is 0 Å². The summed E-state index contributed by atoms with van der Waals surface area (Å²) in [5, 5.41) is 1.00. The van der Waals surface area contributed by atoms with E-state index in [1.807, 2.05) is 6.26 Å². The van der Waals surface area contributed by atoms with Crippen LogP contribution in [0.1, 0.15) is 0 Å². The molecule has 44 valence electrons. The van der Waals surface area contributed by atoms with Gasteiger partial charge in [0.1, 0.15) is 0 Å². The number of anilines is 1. The van der Waals surface area contributed by atoms with E-state index in [1.165, 1.54) is 0 Å². The van der Waals surface area contributed by atoms with E-state index >= 15 is 0 Å². The van der Waals surface area contributed by atoms with Gasteiger partial charge < -0.3 is 10.7 Å². The number of nitrogen functional groups attached to an aromatic ring is 1. The van der Waals surface area contributed by atoms with Gasteiger partial charge in [0.05, 0.1) is 11.2 Å². The number of H-pyrrole nitrogens is 1. The summed E-state index contributed by atoms with van der Waals surface area (Å²) in [6.07, 6.45) is 3.67. The predicted octanol–water partition coefficient (Wildman–Crippen LogP) is 0.714. The zero-order chi connectivity index (χ0) is 5.98. The summed E-state index contributed by atoms with van der Waals surface area (Å²) in [6, 6.07) is 0. The van der Waals surface area contributed by atoms with Crippen LogP contribution in [0.2, 0.25) is 0 Å². The number of hydrogen-bond acceptors (Lipinski definition) is 3. The number of nitrogens with two attached hydrogens (primary N) is 1. The fourth-order valence-corrected chi connectivity index (χ4v) is 0.787. The van der Waals surface area contributed by atoms with Crippen molar-refractivity contribution in [2.45, 2.75) is 5.03 Å². The maximum Gasteiger partial charge on any atom is 0.198 e. The SMILES string of the molecule is CSc1cnc(N)[nH]1. The summed E-state index contributed by atoms with van der Waals surface area (Å²) in [5.74, 6) is 0.481. The van der Waals surface area contributed by atoms with Crippen LogP contribution in [0, 0.1) is 0 Å². The van der Waals surface area contributed by atoms with Gasteiger partial charge in [-0.1, -0.05) is 0 Å². The Kier molecular flexibility index (Phi) is 1.43. The summed E-state index contributed by atoms with van der Waals surface area (Å²) >= 11 is 1.59. The van der Waals surface area contributed by atoms with E-state index in [0.29, 0.717) is 5.95 Å². The summed E-state index contributed by atoms with van der Waals surface area (Å²) < 4.78 is 0. The number of imidazole rings is 1. The highest BCUT2D eigenvalue weighted by Crippen LogP contribution is 2.10. The second kappa shape index (κ2) is 2.09. The summed E-state index contributed by atoms with van der Waals surface area (Å²) in [4.78, 5) is 6.64. The van der Waals surface area contributed by atoms with Crippen molar-refractivity contribution in [1.29, 1.82) is 0 Å². The predicted molar refractivity (Wildman–Crippen MR) is 34.8 cm³/mol. The van der Waals surface area contributed by atoms with Gasteiger partial charge in [0.15, 0.2) is 5.95 Å². The fourth-order valence-electron chi connectivity index (χ4n) is 0.423. The van der Waals surface area contributed by atoms with Crippen LogP contribution in [-0.2, 0) is 0 Å². The minimum atomic E-state index is 0.481. The first-order valence-electron chi connectivity index (χ1n) is 2.17. The first-order valence-corrected chi connectivity index (χ1v) is 3.40. The molecule has 0 saturated carbocycles. The molecule has 0 unspecified atom stereocenters. The fraction of sp³-hybridized carbons (Fsp3) is 0.250. The van der Waals surface area contributed by atoms with Crippen molar-refractivity contribution in [1.82, 2.24) is 9.97 Å². The Hall–Kier alpha value is -0.640. The molecule has 8 heavy (non-hydrogen) atoms. The van der Waals surface area contributed by atoms with E-state index in [1.54, 1.807) is 18.0 Å². The molecular weight excluding hydrogens is 122 g/mol. The standard InChI is InChI=1S/C4H7N3S/c1-8-3-2-6-4(5)7-3/h2H,1H3,(H3,5,6,7). The molecule has 0 saturated heterocycles. The molecule has 1 aromatic heterocycles. The number of nitrogens with zero attached hydrogens (tertiary/aromatic N) is 1. The lowest BCUT2D eigenvalue weighted by Gasteiger charge is -1.81. The van der Waals surface area contributed by atoms with Gasteiger partial charge in [-0.2, -0.15) is 0 Å². The Morgan fingerprint density at radius 2 is 2.62 bits per heavy atom. The monoisotopic (exact) mass is 129 g/mol. The van der Waals surface area contributed by atoms with E-state index in [9.17, 15) is 0 Å². The molecule has 1 rings (SSSR count). The molecule has 0 aromatic carbocycles. The van der Waals surface area contributed by atoms with E-state index in [-0.39, 0.29) is 0 Å². The summed E-state index contributed by atoms with van der Waals surface area (Å²) in [6.45, 7) is 0. The molecule has 0 radical (unpaired) electrons. The molecule has 0 aliphatic rings. The maximum atomic E-state index is 5.27. The highest BCUT2D eigenvalue weighted by atomic mass is 32.2. The molecule has 0 spiro atoms. The Balaban J connectivity index is 2.84. The van der Waals surface area contributed by atoms with Gasteiger partial charge in [-0.05, 0) is 6.26 Å². The molecule has 3 nitrogen and oxygen atoms in total. The zero-order valence-electron chi connectivity index (χ0n) is 4.51. The third kappa shape index (κ3) is 0.949. The van der Waals surface area contributed by atoms with Crippen LogP contribution in [0.4, 0.5) is 5.95 Å². The van der Waals surface area contributed by atoms with Crippen molar-refractivity contribution in [3.63, 3.8) is 0 Å². The van der Waals surface area contributed by atoms with E-state index < -0.39 is 0 Å². The van der Waals surface area contributed by atoms with Gasteiger partial charge in [0, 0.05) is 0 Å². The molecule has 0 amide bonds. The average Bonchev–Trinajstić information content (AvgIpc) is 2.14. The molecule has 0 atom stereocenters. The van der Waals surface area contributed by atoms with Gasteiger partial charge in [-0.25, -0.2) is 4.98 Å². The van der Waals surface area contributed by atoms with Crippen molar-refractivity contribution < 1.29 is 0 Å². The van der Waals surface area contributed by atoms with Crippen LogP contribution >= 0.6 is 11.8 Å². The number of rotatable bonds is 1. The van der Waals surface area contributed by atoms with Gasteiger partial charge in [0.25, 0.3) is 0 Å².